The summed E-state index contributed by atoms with van der Waals surface area (Å²) in [4.78, 5) is 18.9. The molecule has 2 N–H and O–H groups in total. The van der Waals surface area contributed by atoms with E-state index in [1.807, 2.05) is 30.3 Å². The summed E-state index contributed by atoms with van der Waals surface area (Å²) in [6, 6.07) is 11.9. The topological polar surface area (TPSA) is 57.8 Å². The Morgan fingerprint density at radius 2 is 2.06 bits per heavy atom. The van der Waals surface area contributed by atoms with Crippen LogP contribution in [0.1, 0.15) is 18.7 Å². The van der Waals surface area contributed by atoms with Gasteiger partial charge in [-0.1, -0.05) is 30.3 Å². The fourth-order valence-electron chi connectivity index (χ4n) is 1.88. The molecule has 1 fully saturated rings. The first-order chi connectivity index (χ1) is 8.81. The second kappa shape index (κ2) is 4.74. The first-order valence-electron chi connectivity index (χ1n) is 6.20. The van der Waals surface area contributed by atoms with Crippen molar-refractivity contribution in [3.05, 3.63) is 52.6 Å². The Labute approximate surface area is 105 Å². The minimum Gasteiger partial charge on any atom is -0.309 e. The van der Waals surface area contributed by atoms with Crippen molar-refractivity contribution < 1.29 is 0 Å². The van der Waals surface area contributed by atoms with Crippen LogP contribution in [0.15, 0.2) is 41.2 Å². The van der Waals surface area contributed by atoms with Gasteiger partial charge >= 0.3 is 0 Å². The van der Waals surface area contributed by atoms with Gasteiger partial charge in [0.15, 0.2) is 0 Å². The third-order valence-corrected chi connectivity index (χ3v) is 3.00. The fourth-order valence-corrected chi connectivity index (χ4v) is 1.88. The van der Waals surface area contributed by atoms with Gasteiger partial charge in [0.25, 0.3) is 5.56 Å². The Bertz CT molecular complexity index is 587. The van der Waals surface area contributed by atoms with E-state index in [0.717, 1.165) is 11.3 Å². The highest BCUT2D eigenvalue weighted by Crippen LogP contribution is 2.19. The molecule has 0 saturated heterocycles. The van der Waals surface area contributed by atoms with E-state index >= 15 is 0 Å². The molecule has 0 bridgehead atoms. The first kappa shape index (κ1) is 11.2. The highest BCUT2D eigenvalue weighted by Gasteiger charge is 2.20. The fraction of sp³-hybridized carbons (Fsp3) is 0.286. The number of aromatic amines is 1. The molecular formula is C14H15N3O. The van der Waals surface area contributed by atoms with Gasteiger partial charge in [-0.3, -0.25) is 4.79 Å². The molecule has 92 valence electrons. The number of nitrogens with one attached hydrogen (secondary N) is 2. The van der Waals surface area contributed by atoms with Crippen molar-refractivity contribution >= 4 is 0 Å². The summed E-state index contributed by atoms with van der Waals surface area (Å²) < 4.78 is 0. The molecule has 2 aromatic rings. The number of nitrogens with zero attached hydrogens (tertiary/aromatic N) is 1. The summed E-state index contributed by atoms with van der Waals surface area (Å²) in [6.07, 6.45) is 2.45. The van der Waals surface area contributed by atoms with Crippen molar-refractivity contribution in [1.29, 1.82) is 0 Å². The van der Waals surface area contributed by atoms with Gasteiger partial charge in [0.05, 0.1) is 12.2 Å². The standard InChI is InChI=1S/C14H15N3O/c18-14-8-12(10-4-2-1-3-5-10)16-13(17-14)9-15-11-6-7-11/h1-5,8,11,15H,6-7,9H2,(H,16,17,18). The van der Waals surface area contributed by atoms with Gasteiger partial charge in [-0.15, -0.1) is 0 Å². The SMILES string of the molecule is O=c1cc(-c2ccccc2)nc(CNC2CC2)[nH]1. The van der Waals surface area contributed by atoms with Gasteiger partial charge in [0.1, 0.15) is 5.82 Å². The molecule has 4 nitrogen and oxygen atoms in total. The molecule has 0 radical (unpaired) electrons. The van der Waals surface area contributed by atoms with Crippen LogP contribution in [0.3, 0.4) is 0 Å². The van der Waals surface area contributed by atoms with Crippen LogP contribution >= 0.6 is 0 Å². The van der Waals surface area contributed by atoms with Gasteiger partial charge in [-0.2, -0.15) is 0 Å². The van der Waals surface area contributed by atoms with Crippen LogP contribution in [0.2, 0.25) is 0 Å². The average molecular weight is 241 g/mol. The zero-order chi connectivity index (χ0) is 12.4. The highest BCUT2D eigenvalue weighted by molar-refractivity contribution is 5.58. The second-order valence-corrected chi connectivity index (χ2v) is 4.60. The van der Waals surface area contributed by atoms with Gasteiger partial charge in [0, 0.05) is 17.7 Å². The largest absolute Gasteiger partial charge is 0.309 e. The zero-order valence-electron chi connectivity index (χ0n) is 10.0. The molecule has 1 aromatic carbocycles. The number of hydrogen-bond acceptors (Lipinski definition) is 3. The number of hydrogen-bond donors (Lipinski definition) is 2. The van der Waals surface area contributed by atoms with Gasteiger partial charge in [-0.25, -0.2) is 4.98 Å². The van der Waals surface area contributed by atoms with E-state index in [2.05, 4.69) is 15.3 Å². The third kappa shape index (κ3) is 2.65. The van der Waals surface area contributed by atoms with Crippen molar-refractivity contribution in [1.82, 2.24) is 15.3 Å². The van der Waals surface area contributed by atoms with Crippen LogP contribution in [0.25, 0.3) is 11.3 Å². The molecule has 1 saturated carbocycles. The summed E-state index contributed by atoms with van der Waals surface area (Å²) in [5, 5.41) is 3.35. The normalized spacial score (nSPS) is 14.7. The third-order valence-electron chi connectivity index (χ3n) is 3.00. The van der Waals surface area contributed by atoms with E-state index in [-0.39, 0.29) is 5.56 Å². The minimum absolute atomic E-state index is 0.101. The smallest absolute Gasteiger partial charge is 0.251 e. The molecule has 0 spiro atoms. The average Bonchev–Trinajstić information content (AvgIpc) is 3.21. The number of rotatable bonds is 4. The molecular weight excluding hydrogens is 226 g/mol. The van der Waals surface area contributed by atoms with Crippen molar-refractivity contribution in [2.24, 2.45) is 0 Å². The maximum absolute atomic E-state index is 11.6. The second-order valence-electron chi connectivity index (χ2n) is 4.60. The molecule has 1 heterocycles. The van der Waals surface area contributed by atoms with E-state index in [1.165, 1.54) is 18.9 Å². The molecule has 1 aliphatic rings. The van der Waals surface area contributed by atoms with Crippen molar-refractivity contribution in [3.63, 3.8) is 0 Å². The van der Waals surface area contributed by atoms with Crippen LogP contribution in [-0.4, -0.2) is 16.0 Å². The Hall–Kier alpha value is -1.94. The lowest BCUT2D eigenvalue weighted by Crippen LogP contribution is -2.20. The summed E-state index contributed by atoms with van der Waals surface area (Å²) in [6.45, 7) is 0.626. The molecule has 0 atom stereocenters. The minimum atomic E-state index is -0.101. The van der Waals surface area contributed by atoms with Crippen LogP contribution in [0, 0.1) is 0 Å². The van der Waals surface area contributed by atoms with E-state index < -0.39 is 0 Å². The lowest BCUT2D eigenvalue weighted by Gasteiger charge is -2.05. The molecule has 18 heavy (non-hydrogen) atoms. The Morgan fingerprint density at radius 3 is 2.78 bits per heavy atom. The monoisotopic (exact) mass is 241 g/mol. The van der Waals surface area contributed by atoms with Crippen molar-refractivity contribution in [2.45, 2.75) is 25.4 Å². The lowest BCUT2D eigenvalue weighted by atomic mass is 10.1. The Balaban J connectivity index is 1.87. The van der Waals surface area contributed by atoms with Crippen molar-refractivity contribution in [3.8, 4) is 11.3 Å². The Morgan fingerprint density at radius 1 is 1.28 bits per heavy atom. The predicted octanol–water partition coefficient (Wildman–Crippen LogP) is 1.69. The van der Waals surface area contributed by atoms with Gasteiger partial charge in [-0.05, 0) is 12.8 Å². The molecule has 1 aliphatic carbocycles. The molecule has 0 amide bonds. The van der Waals surface area contributed by atoms with Crippen LogP contribution in [0.5, 0.6) is 0 Å². The van der Waals surface area contributed by atoms with Crippen LogP contribution in [0.4, 0.5) is 0 Å². The highest BCUT2D eigenvalue weighted by atomic mass is 16.1. The van der Waals surface area contributed by atoms with Crippen LogP contribution < -0.4 is 10.9 Å². The Kier molecular flexibility index (Phi) is 2.94. The van der Waals surface area contributed by atoms with Crippen molar-refractivity contribution in [2.75, 3.05) is 0 Å². The van der Waals surface area contributed by atoms with Gasteiger partial charge in [0.2, 0.25) is 0 Å². The van der Waals surface area contributed by atoms with Crippen LogP contribution in [-0.2, 0) is 6.54 Å². The number of aromatic nitrogens is 2. The van der Waals surface area contributed by atoms with E-state index in [9.17, 15) is 4.79 Å². The molecule has 1 aromatic heterocycles. The number of H-pyrrole nitrogens is 1. The maximum Gasteiger partial charge on any atom is 0.251 e. The summed E-state index contributed by atoms with van der Waals surface area (Å²) in [5.74, 6) is 0.702. The molecule has 3 rings (SSSR count). The zero-order valence-corrected chi connectivity index (χ0v) is 10.0. The molecule has 0 aliphatic heterocycles. The van der Waals surface area contributed by atoms with E-state index in [4.69, 9.17) is 0 Å². The summed E-state index contributed by atoms with van der Waals surface area (Å²) in [7, 11) is 0. The quantitative estimate of drug-likeness (QED) is 0.856. The summed E-state index contributed by atoms with van der Waals surface area (Å²) in [5.41, 5.74) is 1.60. The number of benzene rings is 1. The first-order valence-corrected chi connectivity index (χ1v) is 6.20. The molecule has 0 unspecified atom stereocenters. The summed E-state index contributed by atoms with van der Waals surface area (Å²) >= 11 is 0. The van der Waals surface area contributed by atoms with E-state index in [0.29, 0.717) is 18.4 Å². The van der Waals surface area contributed by atoms with Gasteiger partial charge < -0.3 is 10.3 Å². The van der Waals surface area contributed by atoms with E-state index in [1.54, 1.807) is 0 Å². The molecule has 4 heteroatoms. The lowest BCUT2D eigenvalue weighted by molar-refractivity contribution is 0.656. The maximum atomic E-state index is 11.6. The predicted molar refractivity (Wildman–Crippen MR) is 70.2 cm³/mol.